The van der Waals surface area contributed by atoms with E-state index >= 15 is 0 Å². The van der Waals surface area contributed by atoms with Crippen LogP contribution in [0.1, 0.15) is 5.69 Å². The average molecular weight is 339 g/mol. The number of nitrogens with zero attached hydrogens (tertiary/aromatic N) is 2. The molecular formula is C11H7BrF4N2O. The van der Waals surface area contributed by atoms with Gasteiger partial charge in [-0.25, -0.2) is 9.07 Å². The number of alkyl halides is 3. The number of ether oxygens (including phenoxy) is 1. The predicted octanol–water partition coefficient (Wildman–Crippen LogP) is 3.98. The molecule has 0 radical (unpaired) electrons. The van der Waals surface area contributed by atoms with E-state index in [-0.39, 0.29) is 16.0 Å². The Labute approximate surface area is 113 Å². The molecule has 1 aromatic carbocycles. The Kier molecular flexibility index (Phi) is 3.53. The lowest BCUT2D eigenvalue weighted by molar-refractivity contribution is -0.274. The van der Waals surface area contributed by atoms with E-state index in [0.29, 0.717) is 5.69 Å². The molecule has 102 valence electrons. The number of aromatic nitrogens is 2. The minimum atomic E-state index is -4.74. The first-order valence-corrected chi connectivity index (χ1v) is 5.84. The van der Waals surface area contributed by atoms with Crippen molar-refractivity contribution in [3.8, 4) is 11.4 Å². The molecule has 1 aromatic heterocycles. The topological polar surface area (TPSA) is 27.1 Å². The summed E-state index contributed by atoms with van der Waals surface area (Å²) in [6, 6.07) is 4.98. The predicted molar refractivity (Wildman–Crippen MR) is 62.6 cm³/mol. The molecular weight excluding hydrogens is 332 g/mol. The molecule has 0 aliphatic rings. The van der Waals surface area contributed by atoms with Crippen LogP contribution in [-0.2, 0) is 0 Å². The molecule has 0 aliphatic carbocycles. The summed E-state index contributed by atoms with van der Waals surface area (Å²) in [5, 5.41) is 3.88. The first-order chi connectivity index (χ1) is 8.78. The maximum Gasteiger partial charge on any atom is 0.573 e. The molecule has 8 heteroatoms. The Balaban J connectivity index is 2.30. The number of rotatable bonds is 2. The molecule has 0 atom stereocenters. The molecule has 2 aromatic rings. The van der Waals surface area contributed by atoms with Crippen molar-refractivity contribution in [1.82, 2.24) is 9.78 Å². The second-order valence-electron chi connectivity index (χ2n) is 3.64. The van der Waals surface area contributed by atoms with Crippen LogP contribution in [-0.4, -0.2) is 16.1 Å². The van der Waals surface area contributed by atoms with Crippen molar-refractivity contribution in [3.05, 3.63) is 40.4 Å². The van der Waals surface area contributed by atoms with Gasteiger partial charge < -0.3 is 4.74 Å². The van der Waals surface area contributed by atoms with Crippen LogP contribution >= 0.6 is 15.9 Å². The van der Waals surface area contributed by atoms with Crippen molar-refractivity contribution >= 4 is 15.9 Å². The molecule has 2 rings (SSSR count). The molecule has 0 bridgehead atoms. The fraction of sp³-hybridized carbons (Fsp3) is 0.182. The summed E-state index contributed by atoms with van der Waals surface area (Å²) >= 11 is 2.94. The molecule has 1 heterocycles. The van der Waals surface area contributed by atoms with Gasteiger partial charge in [0.1, 0.15) is 5.75 Å². The van der Waals surface area contributed by atoms with Crippen LogP contribution in [0.5, 0.6) is 5.75 Å². The van der Waals surface area contributed by atoms with Crippen LogP contribution in [0.3, 0.4) is 0 Å². The van der Waals surface area contributed by atoms with Crippen molar-refractivity contribution in [2.75, 3.05) is 0 Å². The molecule has 3 nitrogen and oxygen atoms in total. The van der Waals surface area contributed by atoms with Crippen molar-refractivity contribution in [1.29, 1.82) is 0 Å². The van der Waals surface area contributed by atoms with Crippen LogP contribution in [0.4, 0.5) is 17.6 Å². The van der Waals surface area contributed by atoms with Crippen molar-refractivity contribution in [2.45, 2.75) is 13.3 Å². The third-order valence-electron chi connectivity index (χ3n) is 2.32. The molecule has 0 N–H and O–H groups in total. The quantitative estimate of drug-likeness (QED) is 0.774. The van der Waals surface area contributed by atoms with E-state index in [1.165, 1.54) is 23.7 Å². The molecule has 19 heavy (non-hydrogen) atoms. The number of benzene rings is 1. The third-order valence-corrected chi connectivity index (χ3v) is 2.83. The molecule has 0 fully saturated rings. The first kappa shape index (κ1) is 13.9. The van der Waals surface area contributed by atoms with Crippen LogP contribution in [0, 0.1) is 12.7 Å². The van der Waals surface area contributed by atoms with E-state index in [1.54, 1.807) is 0 Å². The Morgan fingerprint density at radius 3 is 2.21 bits per heavy atom. The zero-order valence-electron chi connectivity index (χ0n) is 9.50. The summed E-state index contributed by atoms with van der Waals surface area (Å²) < 4.78 is 54.5. The van der Waals surface area contributed by atoms with E-state index in [4.69, 9.17) is 0 Å². The van der Waals surface area contributed by atoms with Crippen molar-refractivity contribution in [3.63, 3.8) is 0 Å². The number of hydrogen-bond acceptors (Lipinski definition) is 2. The Morgan fingerprint density at radius 1 is 1.21 bits per heavy atom. The Morgan fingerprint density at radius 2 is 1.79 bits per heavy atom. The van der Waals surface area contributed by atoms with Crippen LogP contribution in [0.15, 0.2) is 28.9 Å². The van der Waals surface area contributed by atoms with Gasteiger partial charge in [-0.3, -0.25) is 0 Å². The fourth-order valence-electron chi connectivity index (χ4n) is 1.49. The van der Waals surface area contributed by atoms with Crippen molar-refractivity contribution in [2.24, 2.45) is 0 Å². The van der Waals surface area contributed by atoms with Gasteiger partial charge in [-0.2, -0.15) is 5.10 Å². The van der Waals surface area contributed by atoms with Crippen LogP contribution in [0.2, 0.25) is 0 Å². The first-order valence-electron chi connectivity index (χ1n) is 5.05. The summed E-state index contributed by atoms with van der Waals surface area (Å²) in [7, 11) is 0. The van der Waals surface area contributed by atoms with Crippen LogP contribution < -0.4 is 4.74 Å². The molecule has 0 saturated heterocycles. The van der Waals surface area contributed by atoms with E-state index in [2.05, 4.69) is 25.8 Å². The highest BCUT2D eigenvalue weighted by molar-refractivity contribution is 9.10. The van der Waals surface area contributed by atoms with Gasteiger partial charge in [0.2, 0.25) is 0 Å². The van der Waals surface area contributed by atoms with E-state index < -0.39 is 12.2 Å². The smallest absolute Gasteiger partial charge is 0.406 e. The molecule has 0 spiro atoms. The maximum absolute atomic E-state index is 13.4. The lowest BCUT2D eigenvalue weighted by Crippen LogP contribution is -2.17. The van der Waals surface area contributed by atoms with Gasteiger partial charge in [-0.1, -0.05) is 0 Å². The fourth-order valence-corrected chi connectivity index (χ4v) is 1.93. The van der Waals surface area contributed by atoms with Crippen LogP contribution in [0.25, 0.3) is 5.69 Å². The highest BCUT2D eigenvalue weighted by atomic mass is 79.9. The Hall–Kier alpha value is -1.57. The average Bonchev–Trinajstić information content (AvgIpc) is 2.56. The van der Waals surface area contributed by atoms with Crippen molar-refractivity contribution < 1.29 is 22.3 Å². The van der Waals surface area contributed by atoms with Gasteiger partial charge in [-0.15, -0.1) is 13.2 Å². The normalized spacial score (nSPS) is 11.7. The second-order valence-corrected chi connectivity index (χ2v) is 4.39. The minimum absolute atomic E-state index is 0.0422. The second kappa shape index (κ2) is 4.84. The maximum atomic E-state index is 13.4. The molecule has 0 saturated carbocycles. The lowest BCUT2D eigenvalue weighted by atomic mass is 10.3. The lowest BCUT2D eigenvalue weighted by Gasteiger charge is -2.09. The summed E-state index contributed by atoms with van der Waals surface area (Å²) in [6.07, 6.45) is -4.74. The highest BCUT2D eigenvalue weighted by Gasteiger charge is 2.31. The largest absolute Gasteiger partial charge is 0.573 e. The van der Waals surface area contributed by atoms with Gasteiger partial charge in [0.15, 0.2) is 10.4 Å². The zero-order valence-corrected chi connectivity index (χ0v) is 11.1. The van der Waals surface area contributed by atoms with Gasteiger partial charge in [0, 0.05) is 0 Å². The molecule has 0 amide bonds. The van der Waals surface area contributed by atoms with E-state index in [1.807, 2.05) is 0 Å². The monoisotopic (exact) mass is 338 g/mol. The number of hydrogen-bond donors (Lipinski definition) is 0. The summed E-state index contributed by atoms with van der Waals surface area (Å²) in [5.74, 6) is -0.865. The zero-order chi connectivity index (χ0) is 14.2. The third kappa shape index (κ3) is 3.06. The van der Waals surface area contributed by atoms with E-state index in [0.717, 1.165) is 12.1 Å². The number of halogens is 5. The van der Waals surface area contributed by atoms with E-state index in [9.17, 15) is 17.6 Å². The molecule has 0 unspecified atom stereocenters. The summed E-state index contributed by atoms with van der Waals surface area (Å²) in [5.41, 5.74) is 0.674. The van der Waals surface area contributed by atoms with Gasteiger partial charge >= 0.3 is 6.36 Å². The summed E-state index contributed by atoms with van der Waals surface area (Å²) in [6.45, 7) is 1.51. The minimum Gasteiger partial charge on any atom is -0.406 e. The van der Waals surface area contributed by atoms with Gasteiger partial charge in [0.05, 0.1) is 11.4 Å². The highest BCUT2D eigenvalue weighted by Crippen LogP contribution is 2.25. The van der Waals surface area contributed by atoms with Gasteiger partial charge in [-0.05, 0) is 47.1 Å². The SMILES string of the molecule is Cc1c(F)c(Br)nn1-c1ccc(OC(F)(F)F)cc1. The standard InChI is InChI=1S/C11H7BrF4N2O/c1-6-9(13)10(12)17-18(6)7-2-4-8(5-3-7)19-11(14,15)16/h2-5H,1H3. The molecule has 0 aliphatic heterocycles. The van der Waals surface area contributed by atoms with Gasteiger partial charge in [0.25, 0.3) is 0 Å². The Bertz CT molecular complexity index is 592. The summed E-state index contributed by atoms with van der Waals surface area (Å²) in [4.78, 5) is 0.